The van der Waals surface area contributed by atoms with E-state index in [2.05, 4.69) is 6.92 Å². The molecule has 0 N–H and O–H groups in total. The Kier molecular flexibility index (Phi) is 14.5. The summed E-state index contributed by atoms with van der Waals surface area (Å²) in [5.74, 6) is -0.340. The lowest BCUT2D eigenvalue weighted by Crippen LogP contribution is -2.46. The van der Waals surface area contributed by atoms with Crippen molar-refractivity contribution in [2.75, 3.05) is 19.8 Å². The standard InChI is InChI=1S/C19H37NO4/c1-5-9-10-11-12-13-14-15-16-20(19(22)24-8-4)17(6-2)18(21)23-7-3/h17H,5-16H2,1-4H3. The minimum absolute atomic E-state index is 0.312. The average Bonchev–Trinajstić information content (AvgIpc) is 2.56. The van der Waals surface area contributed by atoms with Crippen molar-refractivity contribution in [3.63, 3.8) is 0 Å². The van der Waals surface area contributed by atoms with Gasteiger partial charge in [-0.2, -0.15) is 0 Å². The van der Waals surface area contributed by atoms with E-state index in [9.17, 15) is 9.59 Å². The van der Waals surface area contributed by atoms with E-state index >= 15 is 0 Å². The van der Waals surface area contributed by atoms with E-state index in [0.29, 0.717) is 26.2 Å². The van der Waals surface area contributed by atoms with Gasteiger partial charge < -0.3 is 9.47 Å². The predicted molar refractivity (Wildman–Crippen MR) is 97.1 cm³/mol. The Bertz CT molecular complexity index is 333. The molecule has 0 aromatic heterocycles. The molecule has 1 unspecified atom stereocenters. The van der Waals surface area contributed by atoms with Crippen LogP contribution >= 0.6 is 0 Å². The van der Waals surface area contributed by atoms with Crippen LogP contribution < -0.4 is 0 Å². The van der Waals surface area contributed by atoms with Crippen molar-refractivity contribution in [3.05, 3.63) is 0 Å². The number of hydrogen-bond donors (Lipinski definition) is 0. The van der Waals surface area contributed by atoms with Crippen LogP contribution in [-0.2, 0) is 14.3 Å². The Morgan fingerprint density at radius 3 is 1.83 bits per heavy atom. The van der Waals surface area contributed by atoms with Gasteiger partial charge in [0.25, 0.3) is 0 Å². The molecule has 5 nitrogen and oxygen atoms in total. The van der Waals surface area contributed by atoms with Crippen molar-refractivity contribution in [1.82, 2.24) is 4.90 Å². The molecule has 0 fully saturated rings. The molecule has 0 aliphatic heterocycles. The van der Waals surface area contributed by atoms with Crippen LogP contribution in [0.5, 0.6) is 0 Å². The number of ether oxygens (including phenoxy) is 2. The average molecular weight is 344 g/mol. The first kappa shape index (κ1) is 22.7. The van der Waals surface area contributed by atoms with Gasteiger partial charge in [0, 0.05) is 6.54 Å². The zero-order valence-electron chi connectivity index (χ0n) is 16.1. The Morgan fingerprint density at radius 1 is 0.792 bits per heavy atom. The van der Waals surface area contributed by atoms with Crippen LogP contribution in [-0.4, -0.2) is 42.8 Å². The Morgan fingerprint density at radius 2 is 1.33 bits per heavy atom. The van der Waals surface area contributed by atoms with Gasteiger partial charge in [-0.15, -0.1) is 0 Å². The van der Waals surface area contributed by atoms with Gasteiger partial charge in [0.15, 0.2) is 0 Å². The molecule has 0 bridgehead atoms. The number of esters is 1. The summed E-state index contributed by atoms with van der Waals surface area (Å²) < 4.78 is 10.2. The summed E-state index contributed by atoms with van der Waals surface area (Å²) in [5, 5.41) is 0. The minimum Gasteiger partial charge on any atom is -0.464 e. The highest BCUT2D eigenvalue weighted by molar-refractivity contribution is 5.81. The second kappa shape index (κ2) is 15.3. The third-order valence-electron chi connectivity index (χ3n) is 4.08. The molecule has 5 heteroatoms. The number of carbonyl (C=O) groups excluding carboxylic acids is 2. The molecule has 24 heavy (non-hydrogen) atoms. The van der Waals surface area contributed by atoms with Gasteiger partial charge in [-0.25, -0.2) is 9.59 Å². The second-order valence-corrected chi connectivity index (χ2v) is 6.04. The van der Waals surface area contributed by atoms with Gasteiger partial charge in [-0.1, -0.05) is 58.8 Å². The summed E-state index contributed by atoms with van der Waals surface area (Å²) in [7, 11) is 0. The first-order chi connectivity index (χ1) is 11.6. The van der Waals surface area contributed by atoms with Gasteiger partial charge in [0.1, 0.15) is 6.04 Å². The lowest BCUT2D eigenvalue weighted by atomic mass is 10.1. The molecule has 0 aliphatic rings. The molecular weight excluding hydrogens is 306 g/mol. The van der Waals surface area contributed by atoms with Crippen LogP contribution in [0.1, 0.15) is 85.5 Å². The first-order valence-corrected chi connectivity index (χ1v) is 9.72. The highest BCUT2D eigenvalue weighted by Crippen LogP contribution is 2.13. The molecule has 0 aromatic rings. The van der Waals surface area contributed by atoms with Crippen molar-refractivity contribution in [3.8, 4) is 0 Å². The van der Waals surface area contributed by atoms with E-state index in [0.717, 1.165) is 12.8 Å². The van der Waals surface area contributed by atoms with Gasteiger partial charge >= 0.3 is 12.1 Å². The van der Waals surface area contributed by atoms with Gasteiger partial charge in [-0.3, -0.25) is 4.90 Å². The van der Waals surface area contributed by atoms with E-state index in [-0.39, 0.29) is 5.97 Å². The molecule has 0 aromatic carbocycles. The molecule has 0 aliphatic carbocycles. The molecule has 0 spiro atoms. The Balaban J connectivity index is 4.35. The van der Waals surface area contributed by atoms with E-state index in [4.69, 9.17) is 9.47 Å². The van der Waals surface area contributed by atoms with Crippen LogP contribution in [0.3, 0.4) is 0 Å². The Labute approximate surface area is 148 Å². The summed E-state index contributed by atoms with van der Waals surface area (Å²) in [6.07, 6.45) is 9.68. The molecule has 0 saturated carbocycles. The van der Waals surface area contributed by atoms with Crippen molar-refractivity contribution in [2.45, 2.75) is 91.5 Å². The minimum atomic E-state index is -0.548. The van der Waals surface area contributed by atoms with Crippen LogP contribution in [0.4, 0.5) is 4.79 Å². The van der Waals surface area contributed by atoms with Crippen molar-refractivity contribution in [1.29, 1.82) is 0 Å². The van der Waals surface area contributed by atoms with Crippen LogP contribution in [0, 0.1) is 0 Å². The third-order valence-corrected chi connectivity index (χ3v) is 4.08. The van der Waals surface area contributed by atoms with Crippen molar-refractivity contribution >= 4 is 12.1 Å². The fourth-order valence-corrected chi connectivity index (χ4v) is 2.75. The topological polar surface area (TPSA) is 55.8 Å². The summed E-state index contributed by atoms with van der Waals surface area (Å²) in [5.41, 5.74) is 0. The largest absolute Gasteiger partial charge is 0.464 e. The van der Waals surface area contributed by atoms with Gasteiger partial charge in [0.2, 0.25) is 0 Å². The molecule has 0 rings (SSSR count). The fraction of sp³-hybridized carbons (Fsp3) is 0.895. The quantitative estimate of drug-likeness (QED) is 0.331. The highest BCUT2D eigenvalue weighted by Gasteiger charge is 2.30. The van der Waals surface area contributed by atoms with Crippen LogP contribution in [0.25, 0.3) is 0 Å². The summed E-state index contributed by atoms with van der Waals surface area (Å²) in [6, 6.07) is -0.548. The highest BCUT2D eigenvalue weighted by atomic mass is 16.6. The maximum atomic E-state index is 12.2. The number of hydrogen-bond acceptors (Lipinski definition) is 4. The number of unbranched alkanes of at least 4 members (excludes halogenated alkanes) is 7. The van der Waals surface area contributed by atoms with Crippen LogP contribution in [0.2, 0.25) is 0 Å². The molecule has 0 heterocycles. The van der Waals surface area contributed by atoms with E-state index in [1.807, 2.05) is 6.92 Å². The smallest absolute Gasteiger partial charge is 0.410 e. The normalized spacial score (nSPS) is 11.8. The molecule has 1 atom stereocenters. The number of rotatable bonds is 14. The molecular formula is C19H37NO4. The fourth-order valence-electron chi connectivity index (χ4n) is 2.75. The monoisotopic (exact) mass is 343 g/mol. The maximum absolute atomic E-state index is 12.2. The van der Waals surface area contributed by atoms with Crippen molar-refractivity contribution < 1.29 is 19.1 Å². The SMILES string of the molecule is CCCCCCCCCCN(C(=O)OCC)C(CC)C(=O)OCC. The first-order valence-electron chi connectivity index (χ1n) is 9.72. The predicted octanol–water partition coefficient (Wildman–Crippen LogP) is 4.93. The zero-order valence-corrected chi connectivity index (χ0v) is 16.1. The lowest BCUT2D eigenvalue weighted by molar-refractivity contribution is -0.149. The second-order valence-electron chi connectivity index (χ2n) is 6.04. The molecule has 0 saturated heterocycles. The lowest BCUT2D eigenvalue weighted by Gasteiger charge is -2.28. The Hall–Kier alpha value is -1.26. The van der Waals surface area contributed by atoms with Crippen molar-refractivity contribution in [2.24, 2.45) is 0 Å². The summed E-state index contributed by atoms with van der Waals surface area (Å²) in [4.78, 5) is 25.8. The molecule has 142 valence electrons. The number of carbonyl (C=O) groups is 2. The number of amides is 1. The summed E-state index contributed by atoms with van der Waals surface area (Å²) >= 11 is 0. The molecule has 0 radical (unpaired) electrons. The summed E-state index contributed by atoms with van der Waals surface area (Å²) in [6.45, 7) is 8.84. The van der Waals surface area contributed by atoms with E-state index in [1.165, 1.54) is 38.5 Å². The zero-order chi connectivity index (χ0) is 18.2. The van der Waals surface area contributed by atoms with Gasteiger partial charge in [-0.05, 0) is 26.7 Å². The third kappa shape index (κ3) is 9.78. The van der Waals surface area contributed by atoms with Crippen LogP contribution in [0.15, 0.2) is 0 Å². The van der Waals surface area contributed by atoms with E-state index < -0.39 is 12.1 Å². The maximum Gasteiger partial charge on any atom is 0.410 e. The molecule has 1 amide bonds. The van der Waals surface area contributed by atoms with E-state index in [1.54, 1.807) is 18.7 Å². The van der Waals surface area contributed by atoms with Gasteiger partial charge in [0.05, 0.1) is 13.2 Å². The number of nitrogens with zero attached hydrogens (tertiary/aromatic N) is 1.